The van der Waals surface area contributed by atoms with Crippen molar-refractivity contribution in [2.75, 3.05) is 19.7 Å². The van der Waals surface area contributed by atoms with Gasteiger partial charge in [0.15, 0.2) is 0 Å². The number of benzene rings is 1. The summed E-state index contributed by atoms with van der Waals surface area (Å²) < 4.78 is 7.57. The normalized spacial score (nSPS) is 20.4. The molecule has 1 saturated heterocycles. The minimum Gasteiger partial charge on any atom is -0.367 e. The molecule has 1 aromatic heterocycles. The van der Waals surface area contributed by atoms with Gasteiger partial charge in [0.25, 0.3) is 0 Å². The van der Waals surface area contributed by atoms with Gasteiger partial charge >= 0.3 is 0 Å². The Bertz CT molecular complexity index is 635. The van der Waals surface area contributed by atoms with Gasteiger partial charge in [-0.15, -0.1) is 0 Å². The van der Waals surface area contributed by atoms with E-state index in [0.29, 0.717) is 13.2 Å². The van der Waals surface area contributed by atoms with E-state index in [2.05, 4.69) is 34.7 Å². The van der Waals surface area contributed by atoms with Gasteiger partial charge in [0.1, 0.15) is 6.10 Å². The zero-order valence-electron chi connectivity index (χ0n) is 11.6. The quantitative estimate of drug-likeness (QED) is 0.902. The zero-order chi connectivity index (χ0) is 14.1. The molecule has 0 unspecified atom stereocenters. The number of rotatable bonds is 3. The molecule has 1 aliphatic heterocycles. The number of morpholine rings is 1. The summed E-state index contributed by atoms with van der Waals surface area (Å²) >= 11 is 0. The fraction of sp³-hybridized carbons (Fsp3) is 0.400. The van der Waals surface area contributed by atoms with Crippen molar-refractivity contribution in [1.82, 2.24) is 9.47 Å². The minimum atomic E-state index is -0.488. The van der Waals surface area contributed by atoms with Crippen LogP contribution < -0.4 is 5.73 Å². The van der Waals surface area contributed by atoms with Crippen LogP contribution in [0.1, 0.15) is 5.69 Å². The van der Waals surface area contributed by atoms with Crippen LogP contribution in [0, 0.1) is 0 Å². The Morgan fingerprint density at radius 1 is 1.45 bits per heavy atom. The number of carbonyl (C=O) groups is 1. The van der Waals surface area contributed by atoms with Gasteiger partial charge in [0, 0.05) is 37.9 Å². The summed E-state index contributed by atoms with van der Waals surface area (Å²) in [6, 6.07) is 10.5. The molecular formula is C15H19N3O2. The van der Waals surface area contributed by atoms with Crippen molar-refractivity contribution in [3.63, 3.8) is 0 Å². The van der Waals surface area contributed by atoms with E-state index >= 15 is 0 Å². The number of nitrogens with zero attached hydrogens (tertiary/aromatic N) is 2. The Kier molecular flexibility index (Phi) is 3.46. The van der Waals surface area contributed by atoms with E-state index in [1.54, 1.807) is 0 Å². The largest absolute Gasteiger partial charge is 0.367 e. The Morgan fingerprint density at radius 3 is 3.00 bits per heavy atom. The standard InChI is InChI=1S/C15H19N3O2/c1-17-12(8-11-4-2-3-5-13(11)17)9-18-6-7-20-14(10-18)15(16)19/h2-5,8,14H,6-7,9-10H2,1H3,(H2,16,19)/t14-/m0/s1. The van der Waals surface area contributed by atoms with Crippen molar-refractivity contribution in [2.24, 2.45) is 12.8 Å². The molecule has 0 aliphatic carbocycles. The molecule has 5 heteroatoms. The first kappa shape index (κ1) is 13.1. The molecule has 0 radical (unpaired) electrons. The van der Waals surface area contributed by atoms with Gasteiger partial charge in [0.2, 0.25) is 5.91 Å². The summed E-state index contributed by atoms with van der Waals surface area (Å²) in [6.07, 6.45) is -0.488. The lowest BCUT2D eigenvalue weighted by atomic mass is 10.2. The predicted molar refractivity (Wildman–Crippen MR) is 77.1 cm³/mol. The van der Waals surface area contributed by atoms with Crippen LogP contribution in [0.3, 0.4) is 0 Å². The number of nitrogens with two attached hydrogens (primary N) is 1. The number of amides is 1. The summed E-state index contributed by atoms with van der Waals surface area (Å²) in [5, 5.41) is 1.24. The molecule has 2 heterocycles. The number of aryl methyl sites for hydroxylation is 1. The summed E-state index contributed by atoms with van der Waals surface area (Å²) in [4.78, 5) is 13.4. The first-order chi connectivity index (χ1) is 9.65. The highest BCUT2D eigenvalue weighted by Crippen LogP contribution is 2.20. The van der Waals surface area contributed by atoms with Crippen LogP contribution in [0.25, 0.3) is 10.9 Å². The lowest BCUT2D eigenvalue weighted by Gasteiger charge is -2.31. The smallest absolute Gasteiger partial charge is 0.247 e. The third-order valence-electron chi connectivity index (χ3n) is 3.90. The fourth-order valence-electron chi connectivity index (χ4n) is 2.75. The van der Waals surface area contributed by atoms with Crippen LogP contribution in [0.15, 0.2) is 30.3 Å². The highest BCUT2D eigenvalue weighted by molar-refractivity contribution is 5.81. The van der Waals surface area contributed by atoms with Gasteiger partial charge in [-0.25, -0.2) is 0 Å². The third kappa shape index (κ3) is 2.42. The second-order valence-electron chi connectivity index (χ2n) is 5.25. The average Bonchev–Trinajstić information content (AvgIpc) is 2.76. The van der Waals surface area contributed by atoms with Crippen LogP contribution in [-0.2, 0) is 23.1 Å². The van der Waals surface area contributed by atoms with Crippen LogP contribution in [-0.4, -0.2) is 41.2 Å². The van der Waals surface area contributed by atoms with Gasteiger partial charge in [-0.05, 0) is 17.5 Å². The second-order valence-corrected chi connectivity index (χ2v) is 5.25. The van der Waals surface area contributed by atoms with Crippen molar-refractivity contribution >= 4 is 16.8 Å². The number of ether oxygens (including phenoxy) is 1. The molecular weight excluding hydrogens is 254 g/mol. The number of primary amides is 1. The Hall–Kier alpha value is -1.85. The monoisotopic (exact) mass is 273 g/mol. The van der Waals surface area contributed by atoms with Gasteiger partial charge in [-0.2, -0.15) is 0 Å². The second kappa shape index (κ2) is 5.26. The molecule has 1 amide bonds. The van der Waals surface area contributed by atoms with Crippen molar-refractivity contribution < 1.29 is 9.53 Å². The number of aromatic nitrogens is 1. The van der Waals surface area contributed by atoms with E-state index in [0.717, 1.165) is 13.1 Å². The Balaban J connectivity index is 1.79. The Labute approximate surface area is 117 Å². The maximum Gasteiger partial charge on any atom is 0.247 e. The summed E-state index contributed by atoms with van der Waals surface area (Å²) in [6.45, 7) is 2.75. The highest BCUT2D eigenvalue weighted by atomic mass is 16.5. The number of hydrogen-bond donors (Lipinski definition) is 1. The SMILES string of the molecule is Cn1c(CN2CCO[C@H](C(N)=O)C2)cc2ccccc21. The molecule has 0 saturated carbocycles. The third-order valence-corrected chi connectivity index (χ3v) is 3.90. The molecule has 3 rings (SSSR count). The summed E-state index contributed by atoms with van der Waals surface area (Å²) in [7, 11) is 2.07. The van der Waals surface area contributed by atoms with E-state index in [9.17, 15) is 4.79 Å². The first-order valence-electron chi connectivity index (χ1n) is 6.82. The van der Waals surface area contributed by atoms with Crippen LogP contribution >= 0.6 is 0 Å². The van der Waals surface area contributed by atoms with E-state index in [-0.39, 0.29) is 5.91 Å². The van der Waals surface area contributed by atoms with E-state index in [1.807, 2.05) is 12.1 Å². The van der Waals surface area contributed by atoms with Crippen LogP contribution in [0.4, 0.5) is 0 Å². The van der Waals surface area contributed by atoms with Crippen molar-refractivity contribution in [1.29, 1.82) is 0 Å². The van der Waals surface area contributed by atoms with E-state index in [1.165, 1.54) is 16.6 Å². The lowest BCUT2D eigenvalue weighted by molar-refractivity contribution is -0.135. The molecule has 1 aromatic carbocycles. The molecule has 1 aliphatic rings. The van der Waals surface area contributed by atoms with Crippen LogP contribution in [0.2, 0.25) is 0 Å². The van der Waals surface area contributed by atoms with Gasteiger partial charge in [-0.3, -0.25) is 9.69 Å². The van der Waals surface area contributed by atoms with Crippen molar-refractivity contribution in [2.45, 2.75) is 12.6 Å². The molecule has 1 fully saturated rings. The average molecular weight is 273 g/mol. The number of fused-ring (bicyclic) bond motifs is 1. The number of para-hydroxylation sites is 1. The maximum atomic E-state index is 11.2. The molecule has 106 valence electrons. The molecule has 20 heavy (non-hydrogen) atoms. The van der Waals surface area contributed by atoms with Gasteiger partial charge < -0.3 is 15.0 Å². The van der Waals surface area contributed by atoms with E-state index < -0.39 is 6.10 Å². The number of hydrogen-bond acceptors (Lipinski definition) is 3. The highest BCUT2D eigenvalue weighted by Gasteiger charge is 2.25. The first-order valence-corrected chi connectivity index (χ1v) is 6.82. The van der Waals surface area contributed by atoms with Crippen molar-refractivity contribution in [3.8, 4) is 0 Å². The summed E-state index contributed by atoms with van der Waals surface area (Å²) in [5.41, 5.74) is 7.78. The molecule has 5 nitrogen and oxygen atoms in total. The lowest BCUT2D eigenvalue weighted by Crippen LogP contribution is -2.48. The molecule has 0 bridgehead atoms. The minimum absolute atomic E-state index is 0.383. The van der Waals surface area contributed by atoms with E-state index in [4.69, 9.17) is 10.5 Å². The molecule has 2 aromatic rings. The molecule has 2 N–H and O–H groups in total. The number of carbonyl (C=O) groups excluding carboxylic acids is 1. The van der Waals surface area contributed by atoms with Gasteiger partial charge in [-0.1, -0.05) is 18.2 Å². The molecule has 0 spiro atoms. The zero-order valence-corrected chi connectivity index (χ0v) is 11.6. The topological polar surface area (TPSA) is 60.5 Å². The van der Waals surface area contributed by atoms with Crippen molar-refractivity contribution in [3.05, 3.63) is 36.0 Å². The maximum absolute atomic E-state index is 11.2. The Morgan fingerprint density at radius 2 is 2.25 bits per heavy atom. The van der Waals surface area contributed by atoms with Crippen LogP contribution in [0.5, 0.6) is 0 Å². The predicted octanol–water partition coefficient (Wildman–Crippen LogP) is 0.864. The fourth-order valence-corrected chi connectivity index (χ4v) is 2.75. The molecule has 1 atom stereocenters. The van der Waals surface area contributed by atoms with Gasteiger partial charge in [0.05, 0.1) is 6.61 Å². The summed E-state index contributed by atoms with van der Waals surface area (Å²) in [5.74, 6) is -0.383.